The second kappa shape index (κ2) is 6.86. The van der Waals surface area contributed by atoms with Gasteiger partial charge in [0.05, 0.1) is 11.9 Å². The van der Waals surface area contributed by atoms with E-state index in [9.17, 15) is 8.42 Å². The number of aryl methyl sites for hydroxylation is 1. The van der Waals surface area contributed by atoms with Gasteiger partial charge in [0.2, 0.25) is 10.0 Å². The minimum absolute atomic E-state index is 0. The fourth-order valence-electron chi connectivity index (χ4n) is 3.50. The van der Waals surface area contributed by atoms with Crippen molar-refractivity contribution in [2.75, 3.05) is 19.6 Å². The van der Waals surface area contributed by atoms with Crippen LogP contribution >= 0.6 is 12.4 Å². The monoisotopic (exact) mass is 348 g/mol. The third kappa shape index (κ3) is 3.18. The molecular weight excluding hydrogens is 324 g/mol. The van der Waals surface area contributed by atoms with Gasteiger partial charge in [0.25, 0.3) is 0 Å². The molecule has 1 aromatic heterocycles. The van der Waals surface area contributed by atoms with E-state index < -0.39 is 10.0 Å². The van der Waals surface area contributed by atoms with Crippen LogP contribution in [0, 0.1) is 12.8 Å². The summed E-state index contributed by atoms with van der Waals surface area (Å²) in [6.45, 7) is 4.16. The third-order valence-corrected chi connectivity index (χ3v) is 6.98. The van der Waals surface area contributed by atoms with Crippen molar-refractivity contribution in [2.24, 2.45) is 13.0 Å². The van der Waals surface area contributed by atoms with E-state index in [0.717, 1.165) is 19.4 Å². The molecule has 8 heteroatoms. The van der Waals surface area contributed by atoms with Crippen LogP contribution in [0.5, 0.6) is 0 Å². The molecule has 0 aliphatic carbocycles. The SMILES string of the molecule is Cc1c(S(=O)(=O)N2CCC(C3CCCN3)CC2)cnn1C.Cl. The lowest BCUT2D eigenvalue weighted by molar-refractivity contribution is 0.234. The summed E-state index contributed by atoms with van der Waals surface area (Å²) in [5, 5.41) is 7.60. The van der Waals surface area contributed by atoms with Gasteiger partial charge in [0, 0.05) is 26.2 Å². The third-order valence-electron chi connectivity index (χ3n) is 4.97. The van der Waals surface area contributed by atoms with Gasteiger partial charge >= 0.3 is 0 Å². The summed E-state index contributed by atoms with van der Waals surface area (Å²) in [5.74, 6) is 0.619. The predicted molar refractivity (Wildman–Crippen MR) is 87.7 cm³/mol. The molecule has 3 heterocycles. The summed E-state index contributed by atoms with van der Waals surface area (Å²) in [5.41, 5.74) is 0.703. The number of hydrogen-bond donors (Lipinski definition) is 1. The molecule has 0 amide bonds. The zero-order chi connectivity index (χ0) is 15.0. The molecule has 0 radical (unpaired) electrons. The van der Waals surface area contributed by atoms with Crippen molar-refractivity contribution < 1.29 is 8.42 Å². The minimum Gasteiger partial charge on any atom is -0.314 e. The first-order valence-corrected chi connectivity index (χ1v) is 9.16. The standard InChI is InChI=1S/C14H24N4O2S.ClH/c1-11-14(10-16-17(11)2)21(19,20)18-8-5-12(6-9-18)13-4-3-7-15-13;/h10,12-13,15H,3-9H2,1-2H3;1H. The van der Waals surface area contributed by atoms with Crippen LogP contribution in [-0.2, 0) is 17.1 Å². The Labute approximate surface area is 138 Å². The highest BCUT2D eigenvalue weighted by molar-refractivity contribution is 7.89. The van der Waals surface area contributed by atoms with Crippen molar-refractivity contribution in [3.05, 3.63) is 11.9 Å². The lowest BCUT2D eigenvalue weighted by Crippen LogP contribution is -2.43. The van der Waals surface area contributed by atoms with Crippen LogP contribution in [-0.4, -0.2) is 48.2 Å². The minimum atomic E-state index is -3.39. The largest absolute Gasteiger partial charge is 0.314 e. The molecule has 2 fully saturated rings. The van der Waals surface area contributed by atoms with Crippen LogP contribution < -0.4 is 5.32 Å². The number of piperidine rings is 1. The van der Waals surface area contributed by atoms with Crippen molar-refractivity contribution in [1.82, 2.24) is 19.4 Å². The number of hydrogen-bond acceptors (Lipinski definition) is 4. The van der Waals surface area contributed by atoms with Gasteiger partial charge in [-0.3, -0.25) is 4.68 Å². The van der Waals surface area contributed by atoms with Crippen molar-refractivity contribution in [2.45, 2.75) is 43.5 Å². The van der Waals surface area contributed by atoms with Crippen molar-refractivity contribution in [3.8, 4) is 0 Å². The molecule has 3 rings (SSSR count). The van der Waals surface area contributed by atoms with Crippen LogP contribution in [0.25, 0.3) is 0 Å². The van der Waals surface area contributed by atoms with Gasteiger partial charge in [-0.1, -0.05) is 0 Å². The summed E-state index contributed by atoms with van der Waals surface area (Å²) < 4.78 is 28.7. The molecule has 0 spiro atoms. The molecule has 126 valence electrons. The van der Waals surface area contributed by atoms with E-state index in [1.807, 2.05) is 0 Å². The second-order valence-electron chi connectivity index (χ2n) is 6.16. The maximum atomic E-state index is 12.7. The van der Waals surface area contributed by atoms with Gasteiger partial charge < -0.3 is 5.32 Å². The summed E-state index contributed by atoms with van der Waals surface area (Å²) >= 11 is 0. The highest BCUT2D eigenvalue weighted by Crippen LogP contribution is 2.29. The van der Waals surface area contributed by atoms with Gasteiger partial charge in [-0.05, 0) is 45.1 Å². The Bertz CT molecular complexity index is 602. The van der Waals surface area contributed by atoms with E-state index in [4.69, 9.17) is 0 Å². The Morgan fingerprint density at radius 2 is 1.95 bits per heavy atom. The smallest absolute Gasteiger partial charge is 0.246 e. The number of nitrogens with zero attached hydrogens (tertiary/aromatic N) is 3. The first kappa shape index (κ1) is 17.7. The molecule has 0 aromatic carbocycles. The van der Waals surface area contributed by atoms with Gasteiger partial charge in [0.1, 0.15) is 4.90 Å². The molecule has 6 nitrogen and oxygen atoms in total. The molecule has 2 saturated heterocycles. The van der Waals surface area contributed by atoms with Gasteiger partial charge in [0.15, 0.2) is 0 Å². The lowest BCUT2D eigenvalue weighted by atomic mass is 9.89. The molecule has 1 aromatic rings. The predicted octanol–water partition coefficient (Wildman–Crippen LogP) is 1.30. The van der Waals surface area contributed by atoms with Crippen LogP contribution in [0.15, 0.2) is 11.1 Å². The van der Waals surface area contributed by atoms with Gasteiger partial charge in [-0.15, -0.1) is 12.4 Å². The zero-order valence-electron chi connectivity index (χ0n) is 13.2. The van der Waals surface area contributed by atoms with Crippen LogP contribution in [0.4, 0.5) is 0 Å². The van der Waals surface area contributed by atoms with Crippen molar-refractivity contribution in [3.63, 3.8) is 0 Å². The Balaban J connectivity index is 0.00000176. The Morgan fingerprint density at radius 1 is 1.27 bits per heavy atom. The normalized spacial score (nSPS) is 24.4. The molecule has 2 aliphatic rings. The number of nitrogens with one attached hydrogen (secondary N) is 1. The Hall–Kier alpha value is -0.630. The van der Waals surface area contributed by atoms with Gasteiger partial charge in [-0.25, -0.2) is 8.42 Å². The molecule has 2 aliphatic heterocycles. The summed E-state index contributed by atoms with van der Waals surface area (Å²) in [6, 6.07) is 0.593. The first-order valence-electron chi connectivity index (χ1n) is 7.72. The van der Waals surface area contributed by atoms with E-state index in [1.165, 1.54) is 19.0 Å². The fourth-order valence-corrected chi connectivity index (χ4v) is 5.16. The first-order chi connectivity index (χ1) is 10.00. The highest BCUT2D eigenvalue weighted by Gasteiger charge is 2.34. The maximum Gasteiger partial charge on any atom is 0.246 e. The van der Waals surface area contributed by atoms with E-state index in [1.54, 1.807) is 23.0 Å². The van der Waals surface area contributed by atoms with E-state index in [0.29, 0.717) is 35.6 Å². The van der Waals surface area contributed by atoms with E-state index in [-0.39, 0.29) is 12.4 Å². The number of sulfonamides is 1. The Morgan fingerprint density at radius 3 is 2.45 bits per heavy atom. The van der Waals surface area contributed by atoms with E-state index in [2.05, 4.69) is 10.4 Å². The maximum absolute atomic E-state index is 12.7. The topological polar surface area (TPSA) is 67.2 Å². The lowest BCUT2D eigenvalue weighted by Gasteiger charge is -2.34. The molecular formula is C14H25ClN4O2S. The summed E-state index contributed by atoms with van der Waals surface area (Å²) in [6.07, 6.45) is 5.86. The van der Waals surface area contributed by atoms with Crippen molar-refractivity contribution in [1.29, 1.82) is 0 Å². The number of halogens is 1. The summed E-state index contributed by atoms with van der Waals surface area (Å²) in [7, 11) is -1.62. The molecule has 0 saturated carbocycles. The molecule has 0 bridgehead atoms. The highest BCUT2D eigenvalue weighted by atomic mass is 35.5. The number of aromatic nitrogens is 2. The quantitative estimate of drug-likeness (QED) is 0.894. The Kier molecular flexibility index (Phi) is 5.53. The zero-order valence-corrected chi connectivity index (χ0v) is 14.8. The van der Waals surface area contributed by atoms with Crippen LogP contribution in [0.1, 0.15) is 31.4 Å². The van der Waals surface area contributed by atoms with Crippen LogP contribution in [0.3, 0.4) is 0 Å². The molecule has 22 heavy (non-hydrogen) atoms. The second-order valence-corrected chi connectivity index (χ2v) is 8.07. The van der Waals surface area contributed by atoms with Gasteiger partial charge in [-0.2, -0.15) is 9.40 Å². The fraction of sp³-hybridized carbons (Fsp3) is 0.786. The average Bonchev–Trinajstić information content (AvgIpc) is 3.11. The molecule has 1 N–H and O–H groups in total. The average molecular weight is 349 g/mol. The summed E-state index contributed by atoms with van der Waals surface area (Å²) in [4.78, 5) is 0.349. The molecule has 1 unspecified atom stereocenters. The van der Waals surface area contributed by atoms with Crippen molar-refractivity contribution >= 4 is 22.4 Å². The molecule has 1 atom stereocenters. The van der Waals surface area contributed by atoms with Crippen LogP contribution in [0.2, 0.25) is 0 Å². The number of rotatable bonds is 3. The van der Waals surface area contributed by atoms with E-state index >= 15 is 0 Å².